The second-order valence-electron chi connectivity index (χ2n) is 4.65. The lowest BCUT2D eigenvalue weighted by Crippen LogP contribution is -2.19. The molecule has 4 nitrogen and oxygen atoms in total. The fourth-order valence-corrected chi connectivity index (χ4v) is 1.83. The van der Waals surface area contributed by atoms with E-state index in [4.69, 9.17) is 4.74 Å². The first kappa shape index (κ1) is 14.4. The van der Waals surface area contributed by atoms with Crippen LogP contribution in [-0.2, 0) is 6.54 Å². The van der Waals surface area contributed by atoms with Gasteiger partial charge in [-0.05, 0) is 31.5 Å². The summed E-state index contributed by atoms with van der Waals surface area (Å²) in [5, 5.41) is 3.32. The van der Waals surface area contributed by atoms with Crippen molar-refractivity contribution < 1.29 is 9.13 Å². The van der Waals surface area contributed by atoms with E-state index in [-0.39, 0.29) is 17.6 Å². The molecule has 5 heteroatoms. The van der Waals surface area contributed by atoms with Crippen LogP contribution in [0.25, 0.3) is 0 Å². The Morgan fingerprint density at radius 2 is 2.10 bits per heavy atom. The van der Waals surface area contributed by atoms with Crippen LogP contribution in [-0.4, -0.2) is 17.1 Å². The molecule has 0 radical (unpaired) electrons. The van der Waals surface area contributed by atoms with E-state index in [1.54, 1.807) is 24.5 Å². The van der Waals surface area contributed by atoms with Crippen LogP contribution in [0.4, 0.5) is 4.39 Å². The molecule has 0 aliphatic heterocycles. The average molecular weight is 275 g/mol. The van der Waals surface area contributed by atoms with Crippen molar-refractivity contribution in [2.24, 2.45) is 0 Å². The number of methoxy groups -OCH3 is 1. The third-order valence-corrected chi connectivity index (χ3v) is 3.10. The van der Waals surface area contributed by atoms with Gasteiger partial charge in [0.2, 0.25) is 0 Å². The van der Waals surface area contributed by atoms with E-state index in [9.17, 15) is 4.39 Å². The van der Waals surface area contributed by atoms with Gasteiger partial charge in [-0.25, -0.2) is 4.39 Å². The highest BCUT2D eigenvalue weighted by Crippen LogP contribution is 2.22. The smallest absolute Gasteiger partial charge is 0.165 e. The van der Waals surface area contributed by atoms with E-state index < -0.39 is 0 Å². The first-order valence-corrected chi connectivity index (χ1v) is 6.44. The molecule has 1 unspecified atom stereocenters. The largest absolute Gasteiger partial charge is 0.494 e. The molecule has 0 bridgehead atoms. The maximum Gasteiger partial charge on any atom is 0.165 e. The number of nitrogens with one attached hydrogen (secondary N) is 1. The number of hydrogen-bond acceptors (Lipinski definition) is 4. The van der Waals surface area contributed by atoms with Gasteiger partial charge in [-0.1, -0.05) is 6.07 Å². The number of halogens is 1. The molecule has 0 aliphatic carbocycles. The van der Waals surface area contributed by atoms with Crippen molar-refractivity contribution >= 4 is 0 Å². The van der Waals surface area contributed by atoms with Crippen molar-refractivity contribution in [3.05, 3.63) is 53.4 Å². The van der Waals surface area contributed by atoms with E-state index in [1.807, 2.05) is 13.8 Å². The van der Waals surface area contributed by atoms with Gasteiger partial charge in [0, 0.05) is 25.0 Å². The summed E-state index contributed by atoms with van der Waals surface area (Å²) in [7, 11) is 1.46. The first-order chi connectivity index (χ1) is 9.60. The van der Waals surface area contributed by atoms with Crippen LogP contribution in [0.5, 0.6) is 5.75 Å². The van der Waals surface area contributed by atoms with Crippen molar-refractivity contribution in [2.45, 2.75) is 26.4 Å². The minimum atomic E-state index is -0.354. The summed E-state index contributed by atoms with van der Waals surface area (Å²) in [6.45, 7) is 4.51. The molecule has 0 fully saturated rings. The number of aromatic nitrogens is 2. The number of nitrogens with zero attached hydrogens (tertiary/aromatic N) is 2. The van der Waals surface area contributed by atoms with Gasteiger partial charge >= 0.3 is 0 Å². The zero-order valence-electron chi connectivity index (χ0n) is 11.9. The van der Waals surface area contributed by atoms with Gasteiger partial charge in [0.25, 0.3) is 0 Å². The number of aryl methyl sites for hydroxylation is 1. The Morgan fingerprint density at radius 1 is 1.30 bits per heavy atom. The van der Waals surface area contributed by atoms with Crippen LogP contribution in [0.15, 0.2) is 30.6 Å². The Hall–Kier alpha value is -2.01. The number of rotatable bonds is 5. The van der Waals surface area contributed by atoms with Gasteiger partial charge in [-0.3, -0.25) is 9.97 Å². The van der Waals surface area contributed by atoms with Crippen LogP contribution in [0, 0.1) is 12.7 Å². The molecule has 2 aromatic rings. The molecular formula is C15H18FN3O. The summed E-state index contributed by atoms with van der Waals surface area (Å²) >= 11 is 0. The first-order valence-electron chi connectivity index (χ1n) is 6.44. The molecule has 0 saturated carbocycles. The summed E-state index contributed by atoms with van der Waals surface area (Å²) in [5.74, 6) is -0.0980. The van der Waals surface area contributed by atoms with Crippen molar-refractivity contribution in [1.29, 1.82) is 0 Å². The molecule has 0 spiro atoms. The summed E-state index contributed by atoms with van der Waals surface area (Å²) in [6, 6.07) is 4.93. The highest BCUT2D eigenvalue weighted by atomic mass is 19.1. The zero-order valence-corrected chi connectivity index (χ0v) is 11.9. The monoisotopic (exact) mass is 275 g/mol. The Morgan fingerprint density at radius 3 is 2.75 bits per heavy atom. The van der Waals surface area contributed by atoms with Crippen molar-refractivity contribution in [3.8, 4) is 5.75 Å². The topological polar surface area (TPSA) is 47.0 Å². The van der Waals surface area contributed by atoms with Gasteiger partial charge in [-0.15, -0.1) is 0 Å². The summed E-state index contributed by atoms with van der Waals surface area (Å²) in [4.78, 5) is 8.48. The Bertz CT molecular complexity index is 572. The number of benzene rings is 1. The number of hydrogen-bond donors (Lipinski definition) is 1. The van der Waals surface area contributed by atoms with Crippen molar-refractivity contribution in [2.75, 3.05) is 7.11 Å². The third kappa shape index (κ3) is 3.51. The summed E-state index contributed by atoms with van der Waals surface area (Å²) in [5.41, 5.74) is 2.73. The Kier molecular flexibility index (Phi) is 4.63. The number of ether oxygens (including phenoxy) is 1. The lowest BCUT2D eigenvalue weighted by molar-refractivity contribution is 0.385. The molecule has 20 heavy (non-hydrogen) atoms. The lowest BCUT2D eigenvalue weighted by atomic mass is 10.1. The Labute approximate surface area is 118 Å². The van der Waals surface area contributed by atoms with E-state index in [0.29, 0.717) is 6.54 Å². The molecule has 1 N–H and O–H groups in total. The predicted molar refractivity (Wildman–Crippen MR) is 75.0 cm³/mol. The predicted octanol–water partition coefficient (Wildman–Crippen LogP) is 2.78. The van der Waals surface area contributed by atoms with E-state index >= 15 is 0 Å². The zero-order chi connectivity index (χ0) is 14.5. The minimum absolute atomic E-state index is 0.0626. The maximum absolute atomic E-state index is 13.4. The molecule has 1 aromatic heterocycles. The van der Waals surface area contributed by atoms with E-state index in [2.05, 4.69) is 15.3 Å². The molecule has 0 saturated heterocycles. The minimum Gasteiger partial charge on any atom is -0.494 e. The van der Waals surface area contributed by atoms with E-state index in [1.165, 1.54) is 13.2 Å². The van der Waals surface area contributed by atoms with Crippen LogP contribution in [0.2, 0.25) is 0 Å². The molecule has 0 amide bonds. The quantitative estimate of drug-likeness (QED) is 0.911. The van der Waals surface area contributed by atoms with Crippen LogP contribution in [0.3, 0.4) is 0 Å². The standard InChI is InChI=1S/C15H18FN3O/c1-10-7-19-13(8-17-10)9-18-11(2)12-4-5-14(16)15(6-12)20-3/h4-8,11,18H,9H2,1-3H3. The Balaban J connectivity index is 2.01. The fourth-order valence-electron chi connectivity index (χ4n) is 1.83. The van der Waals surface area contributed by atoms with Crippen molar-refractivity contribution in [1.82, 2.24) is 15.3 Å². The van der Waals surface area contributed by atoms with Gasteiger partial charge < -0.3 is 10.1 Å². The van der Waals surface area contributed by atoms with Gasteiger partial charge in [0.05, 0.1) is 18.5 Å². The van der Waals surface area contributed by atoms with Crippen LogP contribution in [0.1, 0.15) is 29.9 Å². The molecule has 0 aliphatic rings. The van der Waals surface area contributed by atoms with Crippen LogP contribution < -0.4 is 10.1 Å². The molecule has 106 valence electrons. The fraction of sp³-hybridized carbons (Fsp3) is 0.333. The average Bonchev–Trinajstić information content (AvgIpc) is 2.47. The van der Waals surface area contributed by atoms with Gasteiger partial charge in [-0.2, -0.15) is 0 Å². The molecular weight excluding hydrogens is 257 g/mol. The second kappa shape index (κ2) is 6.43. The highest BCUT2D eigenvalue weighted by Gasteiger charge is 2.09. The second-order valence-corrected chi connectivity index (χ2v) is 4.65. The molecule has 1 atom stereocenters. The normalized spacial score (nSPS) is 12.2. The van der Waals surface area contributed by atoms with Gasteiger partial charge in [0.1, 0.15) is 0 Å². The van der Waals surface area contributed by atoms with Crippen LogP contribution >= 0.6 is 0 Å². The highest BCUT2D eigenvalue weighted by molar-refractivity contribution is 5.31. The molecule has 2 rings (SSSR count). The molecule has 1 aromatic carbocycles. The SMILES string of the molecule is COc1cc(C(C)NCc2cnc(C)cn2)ccc1F. The third-order valence-electron chi connectivity index (χ3n) is 3.10. The lowest BCUT2D eigenvalue weighted by Gasteiger charge is -2.15. The summed E-state index contributed by atoms with van der Waals surface area (Å²) in [6.07, 6.45) is 3.49. The van der Waals surface area contributed by atoms with Crippen molar-refractivity contribution in [3.63, 3.8) is 0 Å². The molecule has 1 heterocycles. The van der Waals surface area contributed by atoms with E-state index in [0.717, 1.165) is 17.0 Å². The van der Waals surface area contributed by atoms with Gasteiger partial charge in [0.15, 0.2) is 11.6 Å². The maximum atomic E-state index is 13.4. The summed E-state index contributed by atoms with van der Waals surface area (Å²) < 4.78 is 18.3.